The molecule has 3 N–H and O–H groups in total. The van der Waals surface area contributed by atoms with Crippen LogP contribution < -0.4 is 4.74 Å². The highest BCUT2D eigenvalue weighted by molar-refractivity contribution is 5.87. The number of nitrogens with zero attached hydrogens (tertiary/aromatic N) is 1. The zero-order valence-corrected chi connectivity index (χ0v) is 15.4. The summed E-state index contributed by atoms with van der Waals surface area (Å²) in [5.74, 6) is 1.95. The summed E-state index contributed by atoms with van der Waals surface area (Å²) < 4.78 is 5.45. The molecule has 1 aromatic carbocycles. The van der Waals surface area contributed by atoms with Gasteiger partial charge in [0.2, 0.25) is 0 Å². The molecule has 4 unspecified atom stereocenters. The van der Waals surface area contributed by atoms with Crippen LogP contribution in [-0.2, 0) is 11.8 Å². The summed E-state index contributed by atoms with van der Waals surface area (Å²) in [4.78, 5) is 6.30. The number of methoxy groups -OCH3 is 1. The van der Waals surface area contributed by atoms with Crippen molar-refractivity contribution in [2.45, 2.75) is 37.1 Å². The maximum Gasteiger partial charge on any atom is 0.119 e. The van der Waals surface area contributed by atoms with Gasteiger partial charge in [-0.15, -0.1) is 0 Å². The van der Waals surface area contributed by atoms with Gasteiger partial charge in [0.15, 0.2) is 0 Å². The Bertz CT molecular complexity index is 832. The molecule has 3 aliphatic heterocycles. The zero-order chi connectivity index (χ0) is 17.9. The highest BCUT2D eigenvalue weighted by atomic mass is 16.5. The molecule has 1 saturated carbocycles. The van der Waals surface area contributed by atoms with Crippen molar-refractivity contribution in [1.29, 1.82) is 0 Å². The normalized spacial score (nSPS) is 35.3. The van der Waals surface area contributed by atoms with E-state index in [0.717, 1.165) is 43.6 Å². The standard InChI is InChI=1S/C21H28N2O3/c1-26-15-2-3-18-17(9-15)16-4-6-23-11-13-8-14(5-7-24)20(23)21(10-13,12-25)19(16)22-18/h2-3,9,13-14,20,22,24-25H,4-8,10-12H2,1H3/t13-,14?,20?,21?/m0/s1. The fraction of sp³-hybridized carbons (Fsp3) is 0.619. The smallest absolute Gasteiger partial charge is 0.119 e. The number of aliphatic hydroxyl groups is 2. The van der Waals surface area contributed by atoms with Gasteiger partial charge < -0.3 is 19.9 Å². The van der Waals surface area contributed by atoms with E-state index < -0.39 is 0 Å². The van der Waals surface area contributed by atoms with E-state index in [-0.39, 0.29) is 18.6 Å². The molecule has 6 rings (SSSR count). The second kappa shape index (κ2) is 5.98. The zero-order valence-electron chi connectivity index (χ0n) is 15.4. The van der Waals surface area contributed by atoms with E-state index in [1.54, 1.807) is 7.11 Å². The molecule has 1 aromatic heterocycles. The van der Waals surface area contributed by atoms with Crippen molar-refractivity contribution in [3.63, 3.8) is 0 Å². The number of aromatic nitrogens is 1. The Kier molecular flexibility index (Phi) is 3.82. The number of rotatable bonds is 4. The second-order valence-electron chi connectivity index (χ2n) is 8.47. The third-order valence-corrected chi connectivity index (χ3v) is 7.23. The average molecular weight is 356 g/mol. The molecule has 5 atom stereocenters. The summed E-state index contributed by atoms with van der Waals surface area (Å²) in [6, 6.07) is 6.54. The van der Waals surface area contributed by atoms with Crippen LogP contribution in [-0.4, -0.2) is 59.6 Å². The molecule has 4 aliphatic rings. The Balaban J connectivity index is 1.71. The van der Waals surface area contributed by atoms with Crippen molar-refractivity contribution < 1.29 is 14.9 Å². The number of nitrogens with one attached hydrogen (secondary N) is 1. The molecule has 140 valence electrons. The van der Waals surface area contributed by atoms with Gasteiger partial charge in [0.1, 0.15) is 5.75 Å². The van der Waals surface area contributed by atoms with Gasteiger partial charge in [-0.25, -0.2) is 0 Å². The van der Waals surface area contributed by atoms with Crippen LogP contribution in [0.4, 0.5) is 0 Å². The summed E-state index contributed by atoms with van der Waals surface area (Å²) in [6.07, 6.45) is 4.07. The molecule has 0 spiro atoms. The van der Waals surface area contributed by atoms with Crippen LogP contribution in [0.5, 0.6) is 5.75 Å². The van der Waals surface area contributed by atoms with Gasteiger partial charge in [-0.1, -0.05) is 0 Å². The number of H-pyrrole nitrogens is 1. The minimum atomic E-state index is -0.237. The van der Waals surface area contributed by atoms with E-state index >= 15 is 0 Å². The number of ether oxygens (including phenoxy) is 1. The van der Waals surface area contributed by atoms with E-state index in [9.17, 15) is 10.2 Å². The number of benzene rings is 1. The number of aliphatic hydroxyl groups excluding tert-OH is 2. The second-order valence-corrected chi connectivity index (χ2v) is 8.47. The van der Waals surface area contributed by atoms with E-state index in [0.29, 0.717) is 17.9 Å². The van der Waals surface area contributed by atoms with Gasteiger partial charge in [0, 0.05) is 47.8 Å². The van der Waals surface area contributed by atoms with E-state index in [2.05, 4.69) is 22.0 Å². The molecular weight excluding hydrogens is 328 g/mol. The molecule has 0 amide bonds. The summed E-state index contributed by atoms with van der Waals surface area (Å²) in [7, 11) is 1.71. The van der Waals surface area contributed by atoms with Gasteiger partial charge in [-0.2, -0.15) is 0 Å². The lowest BCUT2D eigenvalue weighted by atomic mass is 9.56. The number of aromatic amines is 1. The van der Waals surface area contributed by atoms with Crippen LogP contribution in [0.3, 0.4) is 0 Å². The lowest BCUT2D eigenvalue weighted by molar-refractivity contribution is -0.0815. The predicted octanol–water partition coefficient (Wildman–Crippen LogP) is 2.06. The highest BCUT2D eigenvalue weighted by Gasteiger charge is 2.58. The third kappa shape index (κ3) is 2.14. The molecule has 3 fully saturated rings. The van der Waals surface area contributed by atoms with Crippen molar-refractivity contribution in [3.8, 4) is 5.75 Å². The molecule has 0 radical (unpaired) electrons. The van der Waals surface area contributed by atoms with Crippen LogP contribution in [0, 0.1) is 11.8 Å². The van der Waals surface area contributed by atoms with Gasteiger partial charge in [0.25, 0.3) is 0 Å². The van der Waals surface area contributed by atoms with Crippen molar-refractivity contribution in [2.75, 3.05) is 33.4 Å². The Morgan fingerprint density at radius 1 is 1.35 bits per heavy atom. The predicted molar refractivity (Wildman–Crippen MR) is 101 cm³/mol. The molecule has 5 nitrogen and oxygen atoms in total. The first-order chi connectivity index (χ1) is 12.7. The number of piperidine rings is 2. The van der Waals surface area contributed by atoms with Crippen LogP contribution >= 0.6 is 0 Å². The van der Waals surface area contributed by atoms with E-state index in [1.807, 2.05) is 6.07 Å². The Morgan fingerprint density at radius 3 is 3.00 bits per heavy atom. The van der Waals surface area contributed by atoms with Crippen LogP contribution in [0.2, 0.25) is 0 Å². The summed E-state index contributed by atoms with van der Waals surface area (Å²) in [5, 5.41) is 21.5. The van der Waals surface area contributed by atoms with Crippen molar-refractivity contribution >= 4 is 10.9 Å². The topological polar surface area (TPSA) is 68.7 Å². The van der Waals surface area contributed by atoms with Crippen LogP contribution in [0.1, 0.15) is 30.5 Å². The van der Waals surface area contributed by atoms with Gasteiger partial charge in [-0.05, 0) is 61.3 Å². The van der Waals surface area contributed by atoms with Crippen molar-refractivity contribution in [1.82, 2.24) is 9.88 Å². The highest BCUT2D eigenvalue weighted by Crippen LogP contribution is 2.54. The van der Waals surface area contributed by atoms with Crippen LogP contribution in [0.25, 0.3) is 10.9 Å². The maximum atomic E-state index is 10.7. The van der Waals surface area contributed by atoms with E-state index in [1.165, 1.54) is 23.1 Å². The molecule has 5 heteroatoms. The first kappa shape index (κ1) is 16.6. The molecule has 4 heterocycles. The van der Waals surface area contributed by atoms with Gasteiger partial charge in [-0.3, -0.25) is 4.90 Å². The average Bonchev–Trinajstić information content (AvgIpc) is 3.00. The molecule has 1 aliphatic carbocycles. The number of hydrogen-bond donors (Lipinski definition) is 3. The lowest BCUT2D eigenvalue weighted by Crippen LogP contribution is -2.65. The first-order valence-electron chi connectivity index (χ1n) is 9.85. The number of fused-ring (bicyclic) bond motifs is 4. The van der Waals surface area contributed by atoms with Crippen molar-refractivity contribution in [2.24, 2.45) is 11.8 Å². The largest absolute Gasteiger partial charge is 0.497 e. The molecule has 2 saturated heterocycles. The Labute approximate surface area is 154 Å². The third-order valence-electron chi connectivity index (χ3n) is 7.23. The SMILES string of the molecule is COc1ccc2[nH]c3c(c2c1)CCN1C[C@H]2CC(CCO)C1C3(CO)C2. The Hall–Kier alpha value is -1.56. The monoisotopic (exact) mass is 356 g/mol. The Morgan fingerprint density at radius 2 is 2.23 bits per heavy atom. The van der Waals surface area contributed by atoms with Gasteiger partial charge in [0.05, 0.1) is 13.7 Å². The lowest BCUT2D eigenvalue weighted by Gasteiger charge is -2.59. The molecule has 4 bridgehead atoms. The minimum absolute atomic E-state index is 0.170. The van der Waals surface area contributed by atoms with Crippen LogP contribution in [0.15, 0.2) is 18.2 Å². The van der Waals surface area contributed by atoms with Crippen molar-refractivity contribution in [3.05, 3.63) is 29.5 Å². The fourth-order valence-electron chi connectivity index (χ4n) is 6.41. The molecule has 26 heavy (non-hydrogen) atoms. The summed E-state index contributed by atoms with van der Waals surface area (Å²) >= 11 is 0. The molecular formula is C21H28N2O3. The summed E-state index contributed by atoms with van der Waals surface area (Å²) in [6.45, 7) is 2.57. The fourth-order valence-corrected chi connectivity index (χ4v) is 6.41. The number of hydrogen-bond acceptors (Lipinski definition) is 4. The minimum Gasteiger partial charge on any atom is -0.497 e. The maximum absolute atomic E-state index is 10.7. The summed E-state index contributed by atoms with van der Waals surface area (Å²) in [5.41, 5.74) is 3.49. The molecule has 2 aromatic rings. The first-order valence-corrected chi connectivity index (χ1v) is 9.85. The van der Waals surface area contributed by atoms with E-state index in [4.69, 9.17) is 4.74 Å². The quantitative estimate of drug-likeness (QED) is 0.784. The van der Waals surface area contributed by atoms with Gasteiger partial charge >= 0.3 is 0 Å².